The minimum Gasteiger partial charge on any atom is -0.396 e. The van der Waals surface area contributed by atoms with Gasteiger partial charge in [0.15, 0.2) is 5.82 Å². The summed E-state index contributed by atoms with van der Waals surface area (Å²) in [6.45, 7) is 5.89. The lowest BCUT2D eigenvalue weighted by Crippen LogP contribution is -2.41. The van der Waals surface area contributed by atoms with Gasteiger partial charge in [-0.25, -0.2) is 0 Å². The Balaban J connectivity index is 1.51. The highest BCUT2D eigenvalue weighted by Gasteiger charge is 2.20. The molecular formula is C20H26Cl2N8O. The zero-order chi connectivity index (χ0) is 21.8. The molecule has 1 aromatic carbocycles. The third-order valence-electron chi connectivity index (χ3n) is 5.26. The average molecular weight is 465 g/mol. The summed E-state index contributed by atoms with van der Waals surface area (Å²) < 4.78 is 5.38. The van der Waals surface area contributed by atoms with E-state index in [9.17, 15) is 0 Å². The number of H-pyrrole nitrogens is 1. The van der Waals surface area contributed by atoms with Gasteiger partial charge in [-0.1, -0.05) is 23.2 Å². The monoisotopic (exact) mass is 464 g/mol. The van der Waals surface area contributed by atoms with E-state index in [1.807, 2.05) is 6.07 Å². The van der Waals surface area contributed by atoms with E-state index < -0.39 is 0 Å². The second-order valence-corrected chi connectivity index (χ2v) is 8.34. The van der Waals surface area contributed by atoms with E-state index in [1.54, 1.807) is 18.2 Å². The lowest BCUT2D eigenvalue weighted by Gasteiger charge is -2.32. The highest BCUT2D eigenvalue weighted by Crippen LogP contribution is 2.25. The normalized spacial score (nSPS) is 18.4. The third-order valence-corrected chi connectivity index (χ3v) is 5.86. The molecule has 1 fully saturated rings. The van der Waals surface area contributed by atoms with Crippen molar-refractivity contribution >= 4 is 28.9 Å². The number of nitrogens with two attached hydrogens (primary N) is 2. The summed E-state index contributed by atoms with van der Waals surface area (Å²) in [5.41, 5.74) is 14.7. The van der Waals surface area contributed by atoms with Crippen molar-refractivity contribution in [2.24, 2.45) is 11.5 Å². The molecule has 0 radical (unpaired) electrons. The smallest absolute Gasteiger partial charge is 0.177 e. The molecule has 4 rings (SSSR count). The predicted molar refractivity (Wildman–Crippen MR) is 121 cm³/mol. The van der Waals surface area contributed by atoms with E-state index >= 15 is 0 Å². The third kappa shape index (κ3) is 5.43. The summed E-state index contributed by atoms with van der Waals surface area (Å²) in [5, 5.41) is 12.9. The predicted octanol–water partition coefficient (Wildman–Crippen LogP) is 1.48. The largest absolute Gasteiger partial charge is 0.396 e. The lowest BCUT2D eigenvalue weighted by atomic mass is 10.1. The number of nitrogens with one attached hydrogen (secondary N) is 2. The Kier molecular flexibility index (Phi) is 6.86. The van der Waals surface area contributed by atoms with Gasteiger partial charge in [0.05, 0.1) is 31.2 Å². The fourth-order valence-electron chi connectivity index (χ4n) is 3.60. The summed E-state index contributed by atoms with van der Waals surface area (Å²) in [6, 6.07) is 5.43. The topological polar surface area (TPSA) is 121 Å². The van der Waals surface area contributed by atoms with Gasteiger partial charge in [0.2, 0.25) is 0 Å². The van der Waals surface area contributed by atoms with Gasteiger partial charge in [-0.3, -0.25) is 4.90 Å². The second-order valence-electron chi connectivity index (χ2n) is 7.49. The van der Waals surface area contributed by atoms with Crippen molar-refractivity contribution in [3.63, 3.8) is 0 Å². The molecule has 0 amide bonds. The maximum absolute atomic E-state index is 6.36. The van der Waals surface area contributed by atoms with Gasteiger partial charge < -0.3 is 31.4 Å². The number of hydrogen-bond acceptors (Lipinski definition) is 8. The van der Waals surface area contributed by atoms with Crippen LogP contribution < -0.4 is 16.8 Å². The fourth-order valence-corrected chi connectivity index (χ4v) is 3.97. The van der Waals surface area contributed by atoms with Crippen LogP contribution in [-0.2, 0) is 17.8 Å². The molecule has 1 aromatic heterocycles. The summed E-state index contributed by atoms with van der Waals surface area (Å²) in [7, 11) is 0. The number of nitrogens with zero attached hydrogens (tertiary/aromatic N) is 4. The van der Waals surface area contributed by atoms with E-state index in [4.69, 9.17) is 39.4 Å². The molecule has 0 unspecified atom stereocenters. The Morgan fingerprint density at radius 1 is 1.16 bits per heavy atom. The first-order valence-corrected chi connectivity index (χ1v) is 10.9. The zero-order valence-electron chi connectivity index (χ0n) is 17.1. The Bertz CT molecular complexity index is 983. The standard InChI is InChI=1S/C20H26Cl2N8O/c21-14-1-2-15(22)13(9-14)11-30-4-3-25-19(24)17(30)10-16(23)20-26-18(27-28-20)12-29-5-7-31-8-6-29/h1-2,9-10,25H,3-8,11-12,23-24H2,(H,26,27,28)/b16-10-. The van der Waals surface area contributed by atoms with Gasteiger partial charge in [-0.2, -0.15) is 0 Å². The maximum atomic E-state index is 6.36. The van der Waals surface area contributed by atoms with Crippen molar-refractivity contribution in [1.82, 2.24) is 30.3 Å². The van der Waals surface area contributed by atoms with Gasteiger partial charge in [0.25, 0.3) is 0 Å². The van der Waals surface area contributed by atoms with Gasteiger partial charge in [0, 0.05) is 42.8 Å². The van der Waals surface area contributed by atoms with E-state index in [2.05, 4.69) is 30.3 Å². The van der Waals surface area contributed by atoms with Crippen LogP contribution in [0, 0.1) is 0 Å². The number of hydrogen-bond donors (Lipinski definition) is 4. The number of allylic oxidation sites excluding steroid dienone is 1. The summed E-state index contributed by atoms with van der Waals surface area (Å²) in [4.78, 5) is 7.58. The molecule has 2 aliphatic heterocycles. The van der Waals surface area contributed by atoms with Gasteiger partial charge >= 0.3 is 0 Å². The van der Waals surface area contributed by atoms with Gasteiger partial charge in [-0.05, 0) is 29.8 Å². The number of morpholine rings is 1. The minimum atomic E-state index is 0.449. The Morgan fingerprint density at radius 2 is 1.97 bits per heavy atom. The van der Waals surface area contributed by atoms with Crippen molar-refractivity contribution in [2.45, 2.75) is 13.1 Å². The van der Waals surface area contributed by atoms with Crippen LogP contribution >= 0.6 is 23.2 Å². The van der Waals surface area contributed by atoms with Crippen LogP contribution in [0.5, 0.6) is 0 Å². The first-order valence-electron chi connectivity index (χ1n) is 10.1. The average Bonchev–Trinajstić information content (AvgIpc) is 3.22. The van der Waals surface area contributed by atoms with Crippen molar-refractivity contribution < 1.29 is 4.74 Å². The molecule has 3 heterocycles. The van der Waals surface area contributed by atoms with Gasteiger partial charge in [-0.15, -0.1) is 10.2 Å². The Hall–Kier alpha value is -2.46. The van der Waals surface area contributed by atoms with Crippen LogP contribution in [0.2, 0.25) is 10.0 Å². The molecule has 0 spiro atoms. The maximum Gasteiger partial charge on any atom is 0.177 e. The molecule has 2 aliphatic rings. The first kappa shape index (κ1) is 21.8. The highest BCUT2D eigenvalue weighted by atomic mass is 35.5. The van der Waals surface area contributed by atoms with Crippen molar-refractivity contribution in [1.29, 1.82) is 0 Å². The number of aromatic amines is 1. The van der Waals surface area contributed by atoms with Crippen LogP contribution in [0.15, 0.2) is 35.8 Å². The molecule has 11 heteroatoms. The number of aromatic nitrogens is 3. The molecule has 9 nitrogen and oxygen atoms in total. The molecule has 2 aromatic rings. The first-order chi connectivity index (χ1) is 15.0. The SMILES string of the molecule is NC1=C(/C=C(\N)c2nnc(CN3CCOCC3)[nH]2)N(Cc2cc(Cl)ccc2Cl)CCN1. The Morgan fingerprint density at radius 3 is 2.77 bits per heavy atom. The molecule has 166 valence electrons. The highest BCUT2D eigenvalue weighted by molar-refractivity contribution is 6.33. The van der Waals surface area contributed by atoms with E-state index in [1.165, 1.54) is 0 Å². The number of rotatable bonds is 6. The number of benzene rings is 1. The molecule has 6 N–H and O–H groups in total. The van der Waals surface area contributed by atoms with Crippen LogP contribution in [-0.4, -0.2) is 64.4 Å². The molecule has 0 bridgehead atoms. The molecule has 1 saturated heterocycles. The van der Waals surface area contributed by atoms with Gasteiger partial charge in [0.1, 0.15) is 11.6 Å². The quantitative estimate of drug-likeness (QED) is 0.506. The van der Waals surface area contributed by atoms with Crippen LogP contribution in [0.25, 0.3) is 5.70 Å². The minimum absolute atomic E-state index is 0.449. The van der Waals surface area contributed by atoms with Crippen molar-refractivity contribution in [3.8, 4) is 0 Å². The van der Waals surface area contributed by atoms with Crippen LogP contribution in [0.1, 0.15) is 17.2 Å². The van der Waals surface area contributed by atoms with Crippen molar-refractivity contribution in [3.05, 3.63) is 63.1 Å². The summed E-state index contributed by atoms with van der Waals surface area (Å²) in [5.74, 6) is 1.81. The summed E-state index contributed by atoms with van der Waals surface area (Å²) in [6.07, 6.45) is 1.80. The van der Waals surface area contributed by atoms with Crippen LogP contribution in [0.3, 0.4) is 0 Å². The second kappa shape index (κ2) is 9.78. The van der Waals surface area contributed by atoms with Crippen molar-refractivity contribution in [2.75, 3.05) is 39.4 Å². The zero-order valence-corrected chi connectivity index (χ0v) is 18.6. The molecule has 0 saturated carbocycles. The lowest BCUT2D eigenvalue weighted by molar-refractivity contribution is 0.0331. The fraction of sp³-hybridized carbons (Fsp3) is 0.400. The van der Waals surface area contributed by atoms with E-state index in [0.29, 0.717) is 47.0 Å². The molecule has 0 atom stereocenters. The summed E-state index contributed by atoms with van der Waals surface area (Å²) >= 11 is 12.5. The van der Waals surface area contributed by atoms with E-state index in [-0.39, 0.29) is 0 Å². The Labute approximate surface area is 191 Å². The van der Waals surface area contributed by atoms with E-state index in [0.717, 1.165) is 49.9 Å². The number of halogens is 2. The molecule has 31 heavy (non-hydrogen) atoms. The molecule has 0 aliphatic carbocycles. The molecular weight excluding hydrogens is 439 g/mol. The van der Waals surface area contributed by atoms with Crippen LogP contribution in [0.4, 0.5) is 0 Å². The number of ether oxygens (including phenoxy) is 1.